The maximum atomic E-state index is 4.94. The third kappa shape index (κ3) is 5.45. The van der Waals surface area contributed by atoms with Gasteiger partial charge in [0.25, 0.3) is 0 Å². The number of nitrogens with zero attached hydrogens (tertiary/aromatic N) is 2. The topological polar surface area (TPSA) is 17.8 Å². The van der Waals surface area contributed by atoms with E-state index in [0.717, 1.165) is 17.9 Å². The highest BCUT2D eigenvalue weighted by atomic mass is 15.1. The van der Waals surface area contributed by atoms with Crippen molar-refractivity contribution in [2.45, 2.75) is 78.2 Å². The molecule has 3 rings (SSSR count). The molecule has 0 amide bonds. The van der Waals surface area contributed by atoms with Crippen LogP contribution in [0.3, 0.4) is 0 Å². The number of benzene rings is 2. The van der Waals surface area contributed by atoms with Gasteiger partial charge in [-0.1, -0.05) is 94.2 Å². The highest BCUT2D eigenvalue weighted by Crippen LogP contribution is 2.26. The highest BCUT2D eigenvalue weighted by molar-refractivity contribution is 5.80. The molecule has 3 aromatic rings. The van der Waals surface area contributed by atoms with Crippen molar-refractivity contribution in [3.05, 3.63) is 54.1 Å². The number of unbranched alkanes of at least 4 members (excludes halogenated alkanes) is 8. The Labute approximate surface area is 164 Å². The maximum absolute atomic E-state index is 4.94. The van der Waals surface area contributed by atoms with Crippen LogP contribution in [0.4, 0.5) is 0 Å². The van der Waals surface area contributed by atoms with Crippen LogP contribution in [0.1, 0.15) is 70.3 Å². The first kappa shape index (κ1) is 19.7. The molecule has 1 aromatic heterocycles. The van der Waals surface area contributed by atoms with Crippen molar-refractivity contribution in [3.8, 4) is 11.4 Å². The Hall–Kier alpha value is -2.09. The molecule has 1 heterocycles. The molecule has 0 atom stereocenters. The molecule has 144 valence electrons. The van der Waals surface area contributed by atoms with Crippen molar-refractivity contribution < 1.29 is 0 Å². The van der Waals surface area contributed by atoms with Gasteiger partial charge in [-0.2, -0.15) is 0 Å². The lowest BCUT2D eigenvalue weighted by Gasteiger charge is -2.10. The summed E-state index contributed by atoms with van der Waals surface area (Å²) in [7, 11) is 0. The predicted molar refractivity (Wildman–Crippen MR) is 117 cm³/mol. The molecule has 0 aliphatic heterocycles. The van der Waals surface area contributed by atoms with Crippen molar-refractivity contribution in [1.82, 2.24) is 9.55 Å². The molecule has 27 heavy (non-hydrogen) atoms. The van der Waals surface area contributed by atoms with Gasteiger partial charge < -0.3 is 4.57 Å². The molecule has 2 aromatic carbocycles. The first-order valence-electron chi connectivity index (χ1n) is 10.8. The van der Waals surface area contributed by atoms with E-state index in [2.05, 4.69) is 66.9 Å². The summed E-state index contributed by atoms with van der Waals surface area (Å²) in [5.41, 5.74) is 4.87. The number of hydrogen-bond donors (Lipinski definition) is 0. The van der Waals surface area contributed by atoms with E-state index in [1.165, 1.54) is 74.4 Å². The Bertz CT molecular complexity index is 831. The van der Waals surface area contributed by atoms with Gasteiger partial charge in [0, 0.05) is 12.1 Å². The Morgan fingerprint density at radius 1 is 0.778 bits per heavy atom. The maximum Gasteiger partial charge on any atom is 0.141 e. The van der Waals surface area contributed by atoms with Gasteiger partial charge >= 0.3 is 0 Å². The van der Waals surface area contributed by atoms with Crippen LogP contribution in [-0.4, -0.2) is 9.55 Å². The van der Waals surface area contributed by atoms with Gasteiger partial charge in [0.05, 0.1) is 11.0 Å². The van der Waals surface area contributed by atoms with Gasteiger partial charge in [-0.05, 0) is 31.5 Å². The second-order valence-electron chi connectivity index (χ2n) is 7.77. The minimum absolute atomic E-state index is 1.06. The van der Waals surface area contributed by atoms with Crippen LogP contribution in [0.15, 0.2) is 48.5 Å². The second kappa shape index (κ2) is 10.3. The fraction of sp³-hybridized carbons (Fsp3) is 0.480. The third-order valence-corrected chi connectivity index (χ3v) is 5.42. The van der Waals surface area contributed by atoms with Crippen molar-refractivity contribution in [2.24, 2.45) is 0 Å². The Balaban J connectivity index is 1.61. The van der Waals surface area contributed by atoms with Crippen molar-refractivity contribution in [3.63, 3.8) is 0 Å². The van der Waals surface area contributed by atoms with Crippen LogP contribution in [0, 0.1) is 6.92 Å². The molecule has 0 unspecified atom stereocenters. The SMILES string of the molecule is CCCCCCCCCCCn1c(-c2cccc(C)c2)nc2ccccc21. The van der Waals surface area contributed by atoms with Crippen molar-refractivity contribution in [2.75, 3.05) is 0 Å². The zero-order valence-electron chi connectivity index (χ0n) is 17.1. The number of rotatable bonds is 11. The molecule has 2 nitrogen and oxygen atoms in total. The molecule has 0 aliphatic rings. The van der Waals surface area contributed by atoms with E-state index in [4.69, 9.17) is 4.98 Å². The first-order chi connectivity index (χ1) is 13.3. The van der Waals surface area contributed by atoms with Crippen LogP contribution in [0.25, 0.3) is 22.4 Å². The number of imidazole rings is 1. The van der Waals surface area contributed by atoms with Gasteiger partial charge in [-0.15, -0.1) is 0 Å². The molecular weight excluding hydrogens is 328 g/mol. The number of aromatic nitrogens is 2. The lowest BCUT2D eigenvalue weighted by atomic mass is 10.1. The van der Waals surface area contributed by atoms with Crippen LogP contribution >= 0.6 is 0 Å². The van der Waals surface area contributed by atoms with E-state index in [0.29, 0.717) is 0 Å². The molecule has 0 saturated heterocycles. The molecule has 0 radical (unpaired) electrons. The normalized spacial score (nSPS) is 11.3. The van der Waals surface area contributed by atoms with E-state index in [9.17, 15) is 0 Å². The number of para-hydroxylation sites is 2. The summed E-state index contributed by atoms with van der Waals surface area (Å²) in [6.07, 6.45) is 12.3. The molecule has 0 N–H and O–H groups in total. The quantitative estimate of drug-likeness (QED) is 0.322. The Morgan fingerprint density at radius 3 is 2.22 bits per heavy atom. The van der Waals surface area contributed by atoms with Crippen molar-refractivity contribution in [1.29, 1.82) is 0 Å². The van der Waals surface area contributed by atoms with Gasteiger partial charge in [0.2, 0.25) is 0 Å². The fourth-order valence-electron chi connectivity index (χ4n) is 3.89. The summed E-state index contributed by atoms with van der Waals surface area (Å²) in [6, 6.07) is 17.2. The fourth-order valence-corrected chi connectivity index (χ4v) is 3.89. The minimum atomic E-state index is 1.06. The zero-order chi connectivity index (χ0) is 18.9. The summed E-state index contributed by atoms with van der Waals surface area (Å²) in [5.74, 6) is 1.11. The lowest BCUT2D eigenvalue weighted by Crippen LogP contribution is -2.01. The van der Waals surface area contributed by atoms with E-state index in [1.54, 1.807) is 0 Å². The van der Waals surface area contributed by atoms with Gasteiger partial charge in [-0.25, -0.2) is 4.98 Å². The Morgan fingerprint density at radius 2 is 1.48 bits per heavy atom. The average molecular weight is 363 g/mol. The predicted octanol–water partition coefficient (Wildman–Crippen LogP) is 7.54. The molecule has 0 spiro atoms. The standard InChI is InChI=1S/C25H34N2/c1-3-4-5-6-7-8-9-10-13-19-27-24-18-12-11-17-23(24)26-25(27)22-16-14-15-21(2)20-22/h11-12,14-18,20H,3-10,13,19H2,1-2H3. The summed E-state index contributed by atoms with van der Waals surface area (Å²) in [4.78, 5) is 4.94. The number of fused-ring (bicyclic) bond motifs is 1. The third-order valence-electron chi connectivity index (χ3n) is 5.42. The summed E-state index contributed by atoms with van der Waals surface area (Å²) >= 11 is 0. The van der Waals surface area contributed by atoms with Crippen LogP contribution in [0.2, 0.25) is 0 Å². The van der Waals surface area contributed by atoms with Crippen LogP contribution in [-0.2, 0) is 6.54 Å². The smallest absolute Gasteiger partial charge is 0.141 e. The zero-order valence-corrected chi connectivity index (χ0v) is 17.1. The summed E-state index contributed by atoms with van der Waals surface area (Å²) in [5, 5.41) is 0. The lowest BCUT2D eigenvalue weighted by molar-refractivity contribution is 0.544. The first-order valence-corrected chi connectivity index (χ1v) is 10.8. The molecule has 0 fully saturated rings. The van der Waals surface area contributed by atoms with Crippen LogP contribution < -0.4 is 0 Å². The summed E-state index contributed by atoms with van der Waals surface area (Å²) < 4.78 is 2.42. The molecule has 2 heteroatoms. The van der Waals surface area contributed by atoms with E-state index in [1.807, 2.05) is 0 Å². The monoisotopic (exact) mass is 362 g/mol. The summed E-state index contributed by atoms with van der Waals surface area (Å²) in [6.45, 7) is 5.49. The van der Waals surface area contributed by atoms with Gasteiger partial charge in [0.1, 0.15) is 5.82 Å². The van der Waals surface area contributed by atoms with Gasteiger partial charge in [0.15, 0.2) is 0 Å². The second-order valence-corrected chi connectivity index (χ2v) is 7.77. The largest absolute Gasteiger partial charge is 0.324 e. The molecular formula is C25H34N2. The Kier molecular flexibility index (Phi) is 7.50. The van der Waals surface area contributed by atoms with E-state index in [-0.39, 0.29) is 0 Å². The highest BCUT2D eigenvalue weighted by Gasteiger charge is 2.12. The number of hydrogen-bond acceptors (Lipinski definition) is 1. The van der Waals surface area contributed by atoms with E-state index >= 15 is 0 Å². The average Bonchev–Trinajstić information content (AvgIpc) is 3.05. The van der Waals surface area contributed by atoms with Gasteiger partial charge in [-0.3, -0.25) is 0 Å². The van der Waals surface area contributed by atoms with Crippen LogP contribution in [0.5, 0.6) is 0 Å². The molecule has 0 bridgehead atoms. The molecule has 0 saturated carbocycles. The number of aryl methyl sites for hydroxylation is 2. The van der Waals surface area contributed by atoms with Crippen molar-refractivity contribution >= 4 is 11.0 Å². The van der Waals surface area contributed by atoms with E-state index < -0.39 is 0 Å². The molecule has 0 aliphatic carbocycles. The minimum Gasteiger partial charge on any atom is -0.324 e.